The topological polar surface area (TPSA) is 70.2 Å². The number of carbonyl (C=O) groups is 2. The molecule has 5 nitrogen and oxygen atoms in total. The third-order valence-electron chi connectivity index (χ3n) is 2.96. The van der Waals surface area contributed by atoms with Gasteiger partial charge in [0.15, 0.2) is 0 Å². The number of benzene rings is 1. The zero-order valence-corrected chi connectivity index (χ0v) is 12.4. The third-order valence-corrected chi connectivity index (χ3v) is 2.96. The number of nitrogens with one attached hydrogen (secondary N) is 3. The summed E-state index contributed by atoms with van der Waals surface area (Å²) < 4.78 is 12.7. The van der Waals surface area contributed by atoms with E-state index < -0.39 is 0 Å². The molecule has 0 fully saturated rings. The standard InChI is InChI=1S/C15H22FN3O2/c1-3-11(2)18-14(20)8-9-17-10-15(21)19-13-6-4-12(16)5-7-13/h4-7,11,17H,3,8-10H2,1-2H3,(H,18,20)(H,19,21). The van der Waals surface area contributed by atoms with Crippen LogP contribution in [0, 0.1) is 5.82 Å². The van der Waals surface area contributed by atoms with Crippen molar-refractivity contribution in [3.05, 3.63) is 30.1 Å². The van der Waals surface area contributed by atoms with E-state index in [1.54, 1.807) is 0 Å². The Hall–Kier alpha value is -1.95. The Balaban J connectivity index is 2.16. The zero-order valence-electron chi connectivity index (χ0n) is 12.4. The van der Waals surface area contributed by atoms with E-state index in [0.717, 1.165) is 6.42 Å². The number of rotatable bonds is 8. The van der Waals surface area contributed by atoms with Gasteiger partial charge < -0.3 is 16.0 Å². The van der Waals surface area contributed by atoms with Crippen LogP contribution in [-0.2, 0) is 9.59 Å². The van der Waals surface area contributed by atoms with Crippen molar-refractivity contribution in [3.8, 4) is 0 Å². The second kappa shape index (κ2) is 9.07. The molecule has 0 aliphatic carbocycles. The van der Waals surface area contributed by atoms with Gasteiger partial charge in [-0.05, 0) is 37.6 Å². The smallest absolute Gasteiger partial charge is 0.238 e. The summed E-state index contributed by atoms with van der Waals surface area (Å²) in [6.45, 7) is 4.48. The van der Waals surface area contributed by atoms with Crippen molar-refractivity contribution in [2.45, 2.75) is 32.7 Å². The van der Waals surface area contributed by atoms with Crippen molar-refractivity contribution < 1.29 is 14.0 Å². The normalized spacial score (nSPS) is 11.8. The maximum atomic E-state index is 12.7. The number of anilines is 1. The first-order valence-corrected chi connectivity index (χ1v) is 7.06. The highest BCUT2D eigenvalue weighted by molar-refractivity contribution is 5.92. The maximum absolute atomic E-state index is 12.7. The van der Waals surface area contributed by atoms with Gasteiger partial charge in [-0.1, -0.05) is 6.92 Å². The molecule has 2 amide bonds. The molecule has 21 heavy (non-hydrogen) atoms. The first-order valence-electron chi connectivity index (χ1n) is 7.06. The summed E-state index contributed by atoms with van der Waals surface area (Å²) in [4.78, 5) is 23.1. The highest BCUT2D eigenvalue weighted by Crippen LogP contribution is 2.07. The van der Waals surface area contributed by atoms with E-state index in [-0.39, 0.29) is 30.2 Å². The van der Waals surface area contributed by atoms with Crippen molar-refractivity contribution in [3.63, 3.8) is 0 Å². The molecule has 0 saturated carbocycles. The summed E-state index contributed by atoms with van der Waals surface area (Å²) in [6, 6.07) is 5.71. The van der Waals surface area contributed by atoms with Crippen LogP contribution >= 0.6 is 0 Å². The molecule has 0 aromatic heterocycles. The van der Waals surface area contributed by atoms with Gasteiger partial charge in [-0.2, -0.15) is 0 Å². The number of amides is 2. The quantitative estimate of drug-likeness (QED) is 0.639. The van der Waals surface area contributed by atoms with Gasteiger partial charge in [0.2, 0.25) is 11.8 Å². The second-order valence-corrected chi connectivity index (χ2v) is 4.86. The van der Waals surface area contributed by atoms with Crippen LogP contribution in [0.25, 0.3) is 0 Å². The van der Waals surface area contributed by atoms with Gasteiger partial charge in [0.25, 0.3) is 0 Å². The summed E-state index contributed by atoms with van der Waals surface area (Å²) in [5, 5.41) is 8.37. The molecular weight excluding hydrogens is 273 g/mol. The molecule has 1 atom stereocenters. The second-order valence-electron chi connectivity index (χ2n) is 4.86. The average molecular weight is 295 g/mol. The molecule has 1 aromatic rings. The van der Waals surface area contributed by atoms with Gasteiger partial charge in [-0.25, -0.2) is 4.39 Å². The molecule has 0 aliphatic heterocycles. The molecule has 0 saturated heterocycles. The maximum Gasteiger partial charge on any atom is 0.238 e. The van der Waals surface area contributed by atoms with Gasteiger partial charge in [-0.3, -0.25) is 9.59 Å². The van der Waals surface area contributed by atoms with E-state index in [0.29, 0.717) is 18.7 Å². The number of halogens is 1. The average Bonchev–Trinajstić information content (AvgIpc) is 2.46. The number of hydrogen-bond acceptors (Lipinski definition) is 3. The molecule has 0 bridgehead atoms. The fourth-order valence-electron chi connectivity index (χ4n) is 1.59. The SMILES string of the molecule is CCC(C)NC(=O)CCNCC(=O)Nc1ccc(F)cc1. The predicted molar refractivity (Wildman–Crippen MR) is 80.4 cm³/mol. The van der Waals surface area contributed by atoms with Crippen LogP contribution in [0.3, 0.4) is 0 Å². The van der Waals surface area contributed by atoms with Crippen molar-refractivity contribution in [1.82, 2.24) is 10.6 Å². The van der Waals surface area contributed by atoms with Crippen LogP contribution in [0.4, 0.5) is 10.1 Å². The van der Waals surface area contributed by atoms with Gasteiger partial charge >= 0.3 is 0 Å². The summed E-state index contributed by atoms with van der Waals surface area (Å²) in [6.07, 6.45) is 1.22. The van der Waals surface area contributed by atoms with E-state index in [4.69, 9.17) is 0 Å². The molecule has 1 unspecified atom stereocenters. The zero-order chi connectivity index (χ0) is 15.7. The Kier molecular flexibility index (Phi) is 7.39. The molecule has 0 spiro atoms. The van der Waals surface area contributed by atoms with E-state index in [1.165, 1.54) is 24.3 Å². The molecule has 3 N–H and O–H groups in total. The van der Waals surface area contributed by atoms with Crippen LogP contribution < -0.4 is 16.0 Å². The van der Waals surface area contributed by atoms with Crippen molar-refractivity contribution in [2.24, 2.45) is 0 Å². The van der Waals surface area contributed by atoms with Gasteiger partial charge in [0.1, 0.15) is 5.82 Å². The van der Waals surface area contributed by atoms with E-state index in [1.807, 2.05) is 13.8 Å². The van der Waals surface area contributed by atoms with Gasteiger partial charge in [0, 0.05) is 24.7 Å². The summed E-state index contributed by atoms with van der Waals surface area (Å²) in [5.74, 6) is -0.613. The Morgan fingerprint density at radius 2 is 1.86 bits per heavy atom. The first kappa shape index (κ1) is 17.1. The molecule has 0 aliphatic rings. The fraction of sp³-hybridized carbons (Fsp3) is 0.467. The molecule has 0 radical (unpaired) electrons. The monoisotopic (exact) mass is 295 g/mol. The first-order chi connectivity index (χ1) is 10.0. The lowest BCUT2D eigenvalue weighted by molar-refractivity contribution is -0.122. The Morgan fingerprint density at radius 3 is 2.48 bits per heavy atom. The lowest BCUT2D eigenvalue weighted by atomic mass is 10.2. The lowest BCUT2D eigenvalue weighted by Gasteiger charge is -2.11. The minimum absolute atomic E-state index is 0.0317. The van der Waals surface area contributed by atoms with Crippen LogP contribution in [0.5, 0.6) is 0 Å². The minimum Gasteiger partial charge on any atom is -0.354 e. The van der Waals surface area contributed by atoms with Crippen LogP contribution in [-0.4, -0.2) is 30.9 Å². The van der Waals surface area contributed by atoms with Crippen LogP contribution in [0.1, 0.15) is 26.7 Å². The third kappa shape index (κ3) is 7.41. The van der Waals surface area contributed by atoms with Crippen molar-refractivity contribution >= 4 is 17.5 Å². The highest BCUT2D eigenvalue weighted by Gasteiger charge is 2.06. The summed E-state index contributed by atoms with van der Waals surface area (Å²) >= 11 is 0. The number of hydrogen-bond donors (Lipinski definition) is 3. The van der Waals surface area contributed by atoms with Gasteiger partial charge in [0.05, 0.1) is 6.54 Å². The summed E-state index contributed by atoms with van der Waals surface area (Å²) in [7, 11) is 0. The van der Waals surface area contributed by atoms with E-state index in [9.17, 15) is 14.0 Å². The minimum atomic E-state index is -0.349. The predicted octanol–water partition coefficient (Wildman–Crippen LogP) is 1.66. The molecular formula is C15H22FN3O2. The Labute approximate surface area is 124 Å². The van der Waals surface area contributed by atoms with Crippen molar-refractivity contribution in [1.29, 1.82) is 0 Å². The van der Waals surface area contributed by atoms with Crippen LogP contribution in [0.2, 0.25) is 0 Å². The number of carbonyl (C=O) groups excluding carboxylic acids is 2. The lowest BCUT2D eigenvalue weighted by Crippen LogP contribution is -2.35. The molecule has 1 rings (SSSR count). The van der Waals surface area contributed by atoms with Gasteiger partial charge in [-0.15, -0.1) is 0 Å². The van der Waals surface area contributed by atoms with Crippen molar-refractivity contribution in [2.75, 3.05) is 18.4 Å². The Bertz CT molecular complexity index is 462. The summed E-state index contributed by atoms with van der Waals surface area (Å²) in [5.41, 5.74) is 0.540. The fourth-order valence-corrected chi connectivity index (χ4v) is 1.59. The molecule has 6 heteroatoms. The van der Waals surface area contributed by atoms with E-state index in [2.05, 4.69) is 16.0 Å². The van der Waals surface area contributed by atoms with Crippen LogP contribution in [0.15, 0.2) is 24.3 Å². The van der Waals surface area contributed by atoms with E-state index >= 15 is 0 Å². The molecule has 116 valence electrons. The highest BCUT2D eigenvalue weighted by atomic mass is 19.1. The largest absolute Gasteiger partial charge is 0.354 e. The molecule has 0 heterocycles. The Morgan fingerprint density at radius 1 is 1.19 bits per heavy atom. The molecule has 1 aromatic carbocycles.